The number of aromatic nitrogens is 2. The molecule has 0 atom stereocenters. The summed E-state index contributed by atoms with van der Waals surface area (Å²) in [5, 5.41) is 0.478. The quantitative estimate of drug-likeness (QED) is 0.686. The molecule has 8 heteroatoms. The zero-order valence-electron chi connectivity index (χ0n) is 14.5. The molecule has 2 aromatic carbocycles. The van der Waals surface area contributed by atoms with Gasteiger partial charge < -0.3 is 0 Å². The Morgan fingerprint density at radius 1 is 1.11 bits per heavy atom. The van der Waals surface area contributed by atoms with Gasteiger partial charge in [0, 0.05) is 13.0 Å². The maximum Gasteiger partial charge on any atom is 0.272 e. The molecule has 138 valence electrons. The lowest BCUT2D eigenvalue weighted by molar-refractivity contribution is -0.122. The summed E-state index contributed by atoms with van der Waals surface area (Å²) < 4.78 is 14.8. The summed E-state index contributed by atoms with van der Waals surface area (Å²) in [7, 11) is 0. The highest BCUT2D eigenvalue weighted by Gasteiger charge is 2.12. The predicted molar refractivity (Wildman–Crippen MR) is 97.4 cm³/mol. The largest absolute Gasteiger partial charge is 0.298 e. The summed E-state index contributed by atoms with van der Waals surface area (Å²) in [4.78, 5) is 40.5. The fourth-order valence-electron chi connectivity index (χ4n) is 2.62. The van der Waals surface area contributed by atoms with Crippen molar-refractivity contribution in [3.05, 3.63) is 76.1 Å². The number of benzene rings is 2. The molecule has 0 aliphatic heterocycles. The third-order valence-electron chi connectivity index (χ3n) is 4.07. The summed E-state index contributed by atoms with van der Waals surface area (Å²) >= 11 is 0. The minimum absolute atomic E-state index is 0.0591. The van der Waals surface area contributed by atoms with Crippen LogP contribution < -0.4 is 16.4 Å². The van der Waals surface area contributed by atoms with E-state index in [1.807, 2.05) is 13.0 Å². The number of carbonyl (C=O) groups is 2. The molecule has 0 fully saturated rings. The Morgan fingerprint density at radius 3 is 2.67 bits per heavy atom. The number of hydrogen-bond donors (Lipinski definition) is 2. The van der Waals surface area contributed by atoms with Crippen molar-refractivity contribution in [1.29, 1.82) is 0 Å². The number of aryl methyl sites for hydroxylation is 2. The number of fused-ring (bicyclic) bond motifs is 1. The third kappa shape index (κ3) is 4.00. The Bertz CT molecular complexity index is 1080. The Hall–Kier alpha value is -3.55. The molecule has 0 bridgehead atoms. The van der Waals surface area contributed by atoms with Crippen LogP contribution in [0.1, 0.15) is 22.3 Å². The van der Waals surface area contributed by atoms with Crippen LogP contribution in [0.15, 0.2) is 53.6 Å². The van der Waals surface area contributed by atoms with E-state index in [0.29, 0.717) is 10.9 Å². The van der Waals surface area contributed by atoms with E-state index >= 15 is 0 Å². The summed E-state index contributed by atoms with van der Waals surface area (Å²) in [6, 6.07) is 10.8. The first-order chi connectivity index (χ1) is 13.0. The molecule has 1 aromatic heterocycles. The highest BCUT2D eigenvalue weighted by atomic mass is 19.1. The molecule has 2 amide bonds. The average Bonchev–Trinajstić information content (AvgIpc) is 2.66. The van der Waals surface area contributed by atoms with Crippen LogP contribution in [0.5, 0.6) is 0 Å². The van der Waals surface area contributed by atoms with Crippen LogP contribution in [0.2, 0.25) is 0 Å². The number of amides is 2. The molecule has 0 aliphatic rings. The number of hydrogen-bond acceptors (Lipinski definition) is 4. The van der Waals surface area contributed by atoms with Gasteiger partial charge in [0.2, 0.25) is 5.91 Å². The second-order valence-corrected chi connectivity index (χ2v) is 5.95. The van der Waals surface area contributed by atoms with Gasteiger partial charge in [-0.15, -0.1) is 0 Å². The van der Waals surface area contributed by atoms with Crippen molar-refractivity contribution in [1.82, 2.24) is 20.4 Å². The van der Waals surface area contributed by atoms with E-state index in [4.69, 9.17) is 0 Å². The minimum atomic E-state index is -0.763. The van der Waals surface area contributed by atoms with Crippen molar-refractivity contribution in [3.8, 4) is 0 Å². The summed E-state index contributed by atoms with van der Waals surface area (Å²) in [6.07, 6.45) is 1.33. The smallest absolute Gasteiger partial charge is 0.272 e. The lowest BCUT2D eigenvalue weighted by atomic mass is 10.1. The van der Waals surface area contributed by atoms with E-state index in [2.05, 4.69) is 15.8 Å². The van der Waals surface area contributed by atoms with Gasteiger partial charge in [-0.3, -0.25) is 29.8 Å². The first kappa shape index (κ1) is 18.2. The maximum absolute atomic E-state index is 13.5. The molecule has 0 radical (unpaired) electrons. The van der Waals surface area contributed by atoms with E-state index < -0.39 is 17.6 Å². The fraction of sp³-hybridized carbons (Fsp3) is 0.158. The van der Waals surface area contributed by atoms with E-state index in [1.165, 1.54) is 29.1 Å². The standard InChI is InChI=1S/C19H17FN4O3/c1-12-5-4-7-14-17(12)21-11-24(19(14)27)10-9-16(25)22-23-18(26)13-6-2-3-8-15(13)20/h2-8,11H,9-10H2,1H3,(H,22,25)(H,23,26). The molecule has 0 unspecified atom stereocenters. The summed E-state index contributed by atoms with van der Waals surface area (Å²) in [5.41, 5.74) is 5.45. The van der Waals surface area contributed by atoms with Crippen molar-refractivity contribution in [2.45, 2.75) is 19.9 Å². The Labute approximate surface area is 153 Å². The van der Waals surface area contributed by atoms with Crippen LogP contribution in [0.25, 0.3) is 10.9 Å². The molecule has 3 rings (SSSR count). The summed E-state index contributed by atoms with van der Waals surface area (Å²) in [6.45, 7) is 1.96. The number of carbonyl (C=O) groups excluding carboxylic acids is 2. The van der Waals surface area contributed by atoms with Crippen LogP contribution in [-0.2, 0) is 11.3 Å². The Kier molecular flexibility index (Phi) is 5.25. The van der Waals surface area contributed by atoms with Crippen molar-refractivity contribution in [2.24, 2.45) is 0 Å². The molecule has 3 aromatic rings. The SMILES string of the molecule is Cc1cccc2c(=O)n(CCC(=O)NNC(=O)c3ccccc3F)cnc12. The van der Waals surface area contributed by atoms with Crippen LogP contribution in [-0.4, -0.2) is 21.4 Å². The normalized spacial score (nSPS) is 10.6. The minimum Gasteiger partial charge on any atom is -0.298 e. The third-order valence-corrected chi connectivity index (χ3v) is 4.07. The lowest BCUT2D eigenvalue weighted by Crippen LogP contribution is -2.42. The number of halogens is 1. The first-order valence-electron chi connectivity index (χ1n) is 8.26. The average molecular weight is 368 g/mol. The molecule has 0 saturated carbocycles. The Balaban J connectivity index is 1.60. The van der Waals surface area contributed by atoms with Crippen LogP contribution in [0, 0.1) is 12.7 Å². The van der Waals surface area contributed by atoms with Crippen molar-refractivity contribution in [3.63, 3.8) is 0 Å². The number of para-hydroxylation sites is 1. The summed E-state index contributed by atoms with van der Waals surface area (Å²) in [5.74, 6) is -1.97. The highest BCUT2D eigenvalue weighted by Crippen LogP contribution is 2.11. The molecule has 0 spiro atoms. The monoisotopic (exact) mass is 368 g/mol. The van der Waals surface area contributed by atoms with Crippen molar-refractivity contribution >= 4 is 22.7 Å². The molecule has 2 N–H and O–H groups in total. The fourth-order valence-corrected chi connectivity index (χ4v) is 2.62. The van der Waals surface area contributed by atoms with Crippen LogP contribution in [0.3, 0.4) is 0 Å². The van der Waals surface area contributed by atoms with Crippen LogP contribution >= 0.6 is 0 Å². The van der Waals surface area contributed by atoms with Crippen molar-refractivity contribution < 1.29 is 14.0 Å². The van der Waals surface area contributed by atoms with Crippen LogP contribution in [0.4, 0.5) is 4.39 Å². The Morgan fingerprint density at radius 2 is 1.89 bits per heavy atom. The van der Waals surface area contributed by atoms with E-state index in [1.54, 1.807) is 12.1 Å². The zero-order chi connectivity index (χ0) is 19.4. The van der Waals surface area contributed by atoms with E-state index in [-0.39, 0.29) is 24.1 Å². The van der Waals surface area contributed by atoms with Gasteiger partial charge in [0.15, 0.2) is 0 Å². The van der Waals surface area contributed by atoms with Gasteiger partial charge in [-0.2, -0.15) is 0 Å². The second kappa shape index (κ2) is 7.77. The second-order valence-electron chi connectivity index (χ2n) is 5.95. The number of nitrogens with zero attached hydrogens (tertiary/aromatic N) is 2. The molecule has 0 aliphatic carbocycles. The van der Waals surface area contributed by atoms with Gasteiger partial charge in [-0.05, 0) is 30.7 Å². The lowest BCUT2D eigenvalue weighted by Gasteiger charge is -2.09. The van der Waals surface area contributed by atoms with Gasteiger partial charge in [0.1, 0.15) is 5.82 Å². The molecule has 27 heavy (non-hydrogen) atoms. The van der Waals surface area contributed by atoms with Gasteiger partial charge in [0.25, 0.3) is 11.5 Å². The highest BCUT2D eigenvalue weighted by molar-refractivity contribution is 5.95. The molecule has 7 nitrogen and oxygen atoms in total. The first-order valence-corrected chi connectivity index (χ1v) is 8.26. The van der Waals surface area contributed by atoms with Gasteiger partial charge >= 0.3 is 0 Å². The predicted octanol–water partition coefficient (Wildman–Crippen LogP) is 1.70. The van der Waals surface area contributed by atoms with E-state index in [9.17, 15) is 18.8 Å². The topological polar surface area (TPSA) is 93.1 Å². The zero-order valence-corrected chi connectivity index (χ0v) is 14.5. The molecular weight excluding hydrogens is 351 g/mol. The molecular formula is C19H17FN4O3. The number of nitrogens with one attached hydrogen (secondary N) is 2. The molecule has 0 saturated heterocycles. The van der Waals surface area contributed by atoms with E-state index in [0.717, 1.165) is 11.6 Å². The van der Waals surface area contributed by atoms with Gasteiger partial charge in [0.05, 0.1) is 22.8 Å². The number of rotatable bonds is 4. The van der Waals surface area contributed by atoms with Gasteiger partial charge in [-0.1, -0.05) is 24.3 Å². The number of hydrazine groups is 1. The van der Waals surface area contributed by atoms with Gasteiger partial charge in [-0.25, -0.2) is 9.37 Å². The maximum atomic E-state index is 13.5. The van der Waals surface area contributed by atoms with Crippen molar-refractivity contribution in [2.75, 3.05) is 0 Å². The molecule has 1 heterocycles.